The summed E-state index contributed by atoms with van der Waals surface area (Å²) < 4.78 is 29.6. The van der Waals surface area contributed by atoms with Gasteiger partial charge in [-0.2, -0.15) is 5.10 Å². The van der Waals surface area contributed by atoms with Crippen LogP contribution in [-0.4, -0.2) is 42.3 Å². The van der Waals surface area contributed by atoms with Gasteiger partial charge >= 0.3 is 5.97 Å². The predicted molar refractivity (Wildman–Crippen MR) is 116 cm³/mol. The largest absolute Gasteiger partial charge is 0.481 e. The molecule has 10 heteroatoms. The van der Waals surface area contributed by atoms with E-state index in [0.717, 1.165) is 31.9 Å². The van der Waals surface area contributed by atoms with E-state index in [0.29, 0.717) is 17.5 Å². The minimum Gasteiger partial charge on any atom is -0.481 e. The van der Waals surface area contributed by atoms with Crippen LogP contribution in [0.4, 0.5) is 8.78 Å². The standard InChI is InChI=1S/C24H22F2N6O2/c1-27-16-8-14(16)20-19(26)17(7-13-10-2-4-11(5-3-10)18(13)24(33)34)29-23(30-20)21-15-6-12(25)9-28-22(15)32-31-21/h6,9-11,13-14,16,18H,2-5,7-8H2,(H,33,34)(H,28,31,32). The lowest BCUT2D eigenvalue weighted by Gasteiger charge is -2.46. The summed E-state index contributed by atoms with van der Waals surface area (Å²) in [5.74, 6) is -2.50. The van der Waals surface area contributed by atoms with Gasteiger partial charge in [-0.05, 0) is 55.9 Å². The first kappa shape index (κ1) is 21.1. The van der Waals surface area contributed by atoms with Crippen LogP contribution in [-0.2, 0) is 11.2 Å². The molecule has 3 aromatic rings. The van der Waals surface area contributed by atoms with Gasteiger partial charge in [-0.25, -0.2) is 30.3 Å². The molecule has 174 valence electrons. The van der Waals surface area contributed by atoms with Crippen LogP contribution in [0.5, 0.6) is 0 Å². The molecular weight excluding hydrogens is 442 g/mol. The van der Waals surface area contributed by atoms with Crippen molar-refractivity contribution < 1.29 is 18.7 Å². The molecule has 4 saturated carbocycles. The van der Waals surface area contributed by atoms with E-state index >= 15 is 4.39 Å². The molecule has 2 N–H and O–H groups in total. The van der Waals surface area contributed by atoms with E-state index in [2.05, 4.69) is 30.0 Å². The minimum absolute atomic E-state index is 0.108. The Morgan fingerprint density at radius 3 is 2.68 bits per heavy atom. The maximum atomic E-state index is 15.7. The fraction of sp³-hybridized carbons (Fsp3) is 0.500. The number of carboxylic acids is 1. The number of carbonyl (C=O) groups is 1. The smallest absolute Gasteiger partial charge is 0.307 e. The van der Waals surface area contributed by atoms with Crippen LogP contribution in [0.3, 0.4) is 0 Å². The molecule has 4 unspecified atom stereocenters. The van der Waals surface area contributed by atoms with Crippen LogP contribution in [0.1, 0.15) is 49.4 Å². The molecule has 34 heavy (non-hydrogen) atoms. The van der Waals surface area contributed by atoms with Crippen molar-refractivity contribution in [3.63, 3.8) is 0 Å². The number of halogens is 2. The Bertz CT molecular complexity index is 1340. The van der Waals surface area contributed by atoms with Crippen LogP contribution >= 0.6 is 0 Å². The zero-order chi connectivity index (χ0) is 23.6. The topological polar surface area (TPSA) is 109 Å². The summed E-state index contributed by atoms with van der Waals surface area (Å²) in [4.78, 5) is 28.6. The van der Waals surface area contributed by atoms with E-state index in [9.17, 15) is 14.3 Å². The van der Waals surface area contributed by atoms with Crippen LogP contribution in [0.15, 0.2) is 12.3 Å². The molecule has 4 aliphatic rings. The van der Waals surface area contributed by atoms with Crippen molar-refractivity contribution in [2.75, 3.05) is 0 Å². The van der Waals surface area contributed by atoms with Crippen LogP contribution in [0.25, 0.3) is 27.4 Å². The number of H-pyrrole nitrogens is 1. The first-order valence-corrected chi connectivity index (χ1v) is 11.6. The van der Waals surface area contributed by atoms with Gasteiger partial charge < -0.3 is 9.95 Å². The van der Waals surface area contributed by atoms with Gasteiger partial charge in [0, 0.05) is 6.42 Å². The number of pyridine rings is 1. The Morgan fingerprint density at radius 2 is 1.97 bits per heavy atom. The van der Waals surface area contributed by atoms with E-state index in [-0.39, 0.29) is 59.0 Å². The van der Waals surface area contributed by atoms with E-state index in [1.165, 1.54) is 6.07 Å². The molecular formula is C24H22F2N6O2. The third kappa shape index (κ3) is 3.33. The lowest BCUT2D eigenvalue weighted by Crippen LogP contribution is -2.45. The highest BCUT2D eigenvalue weighted by Crippen LogP contribution is 2.51. The Labute approximate surface area is 193 Å². The summed E-state index contributed by atoms with van der Waals surface area (Å²) >= 11 is 0. The van der Waals surface area contributed by atoms with E-state index in [1.54, 1.807) is 0 Å². The molecule has 4 fully saturated rings. The summed E-state index contributed by atoms with van der Waals surface area (Å²) in [5, 5.41) is 17.2. The fourth-order valence-electron chi connectivity index (χ4n) is 6.15. The normalized spacial score (nSPS) is 29.8. The highest BCUT2D eigenvalue weighted by atomic mass is 19.1. The number of nitrogens with one attached hydrogen (secondary N) is 1. The van der Waals surface area contributed by atoms with Crippen molar-refractivity contribution >= 4 is 17.0 Å². The van der Waals surface area contributed by atoms with Crippen molar-refractivity contribution in [1.82, 2.24) is 25.1 Å². The Balaban J connectivity index is 1.46. The maximum Gasteiger partial charge on any atom is 0.307 e. The number of aromatic amines is 1. The zero-order valence-electron chi connectivity index (χ0n) is 18.2. The van der Waals surface area contributed by atoms with E-state index < -0.39 is 23.5 Å². The van der Waals surface area contributed by atoms with Crippen LogP contribution in [0, 0.1) is 41.9 Å². The molecule has 0 aliphatic heterocycles. The van der Waals surface area contributed by atoms with E-state index in [1.807, 2.05) is 0 Å². The molecule has 0 aromatic carbocycles. The Kier molecular flexibility index (Phi) is 4.83. The van der Waals surface area contributed by atoms with Gasteiger partial charge in [0.15, 0.2) is 17.3 Å². The molecule has 0 amide bonds. The van der Waals surface area contributed by atoms with Crippen molar-refractivity contribution in [1.29, 1.82) is 0 Å². The maximum absolute atomic E-state index is 15.7. The SMILES string of the molecule is [C-]#[N+]C1CC1c1nc(-c2[nH]nc3ncc(F)cc23)nc(CC2C3CCC(CC3)C2C(=O)O)c1F. The third-order valence-corrected chi connectivity index (χ3v) is 7.92. The highest BCUT2D eigenvalue weighted by molar-refractivity contribution is 5.88. The Morgan fingerprint density at radius 1 is 1.21 bits per heavy atom. The molecule has 3 aromatic heterocycles. The van der Waals surface area contributed by atoms with Crippen LogP contribution < -0.4 is 0 Å². The number of aliphatic carboxylic acids is 1. The second-order valence-electron chi connectivity index (χ2n) is 9.76. The number of hydrogen-bond donors (Lipinski definition) is 2. The molecule has 0 spiro atoms. The number of hydrogen-bond acceptors (Lipinski definition) is 5. The second kappa shape index (κ2) is 7.79. The van der Waals surface area contributed by atoms with Gasteiger partial charge in [0.05, 0.1) is 34.8 Å². The molecule has 8 nitrogen and oxygen atoms in total. The predicted octanol–water partition coefficient (Wildman–Crippen LogP) is 4.15. The van der Waals surface area contributed by atoms with Gasteiger partial charge in [-0.1, -0.05) is 0 Å². The number of rotatable bonds is 5. The number of carboxylic acid groups (broad SMARTS) is 1. The van der Waals surface area contributed by atoms with Crippen molar-refractivity contribution in [2.45, 2.75) is 50.5 Å². The number of aromatic nitrogens is 5. The molecule has 2 bridgehead atoms. The minimum atomic E-state index is -0.828. The van der Waals surface area contributed by atoms with E-state index in [4.69, 9.17) is 6.57 Å². The summed E-state index contributed by atoms with van der Waals surface area (Å²) in [7, 11) is 0. The summed E-state index contributed by atoms with van der Waals surface area (Å²) in [6, 6.07) is 0.938. The highest BCUT2D eigenvalue weighted by Gasteiger charge is 2.50. The first-order valence-electron chi connectivity index (χ1n) is 11.6. The second-order valence-corrected chi connectivity index (χ2v) is 9.76. The van der Waals surface area contributed by atoms with Crippen molar-refractivity contribution in [3.8, 4) is 11.5 Å². The quantitative estimate of drug-likeness (QED) is 0.549. The van der Waals surface area contributed by atoms with Crippen LogP contribution in [0.2, 0.25) is 0 Å². The number of nitrogens with zero attached hydrogens (tertiary/aromatic N) is 5. The monoisotopic (exact) mass is 464 g/mol. The lowest BCUT2D eigenvalue weighted by atomic mass is 9.57. The molecule has 4 atom stereocenters. The average Bonchev–Trinajstić information content (AvgIpc) is 3.51. The third-order valence-electron chi connectivity index (χ3n) is 7.92. The fourth-order valence-corrected chi connectivity index (χ4v) is 6.15. The average molecular weight is 464 g/mol. The molecule has 4 aliphatic carbocycles. The first-order chi connectivity index (χ1) is 16.4. The molecule has 7 rings (SSSR count). The van der Waals surface area contributed by atoms with Gasteiger partial charge in [-0.3, -0.25) is 9.89 Å². The molecule has 0 radical (unpaired) electrons. The number of fused-ring (bicyclic) bond motifs is 4. The van der Waals surface area contributed by atoms with Crippen molar-refractivity contribution in [3.05, 3.63) is 46.7 Å². The van der Waals surface area contributed by atoms with Gasteiger partial charge in [-0.15, -0.1) is 0 Å². The summed E-state index contributed by atoms with van der Waals surface area (Å²) in [6.45, 7) is 7.31. The van der Waals surface area contributed by atoms with Gasteiger partial charge in [0.1, 0.15) is 11.5 Å². The van der Waals surface area contributed by atoms with Gasteiger partial charge in [0.2, 0.25) is 6.04 Å². The molecule has 0 saturated heterocycles. The summed E-state index contributed by atoms with van der Waals surface area (Å²) in [6.07, 6.45) is 5.46. The molecule has 3 heterocycles. The van der Waals surface area contributed by atoms with Crippen molar-refractivity contribution in [2.24, 2.45) is 23.7 Å². The van der Waals surface area contributed by atoms with Gasteiger partial charge in [0.25, 0.3) is 0 Å². The lowest BCUT2D eigenvalue weighted by molar-refractivity contribution is -0.152. The Hall–Kier alpha value is -3.48. The summed E-state index contributed by atoms with van der Waals surface area (Å²) in [5.41, 5.74) is 0.936. The zero-order valence-corrected chi connectivity index (χ0v) is 18.2.